The SMILES string of the molecule is CCN1C=C2CCC(=O)C=C2NC1CCCCN1CCN(c2cc(C)c3ccccc3n2)CC1. The summed E-state index contributed by atoms with van der Waals surface area (Å²) < 4.78 is 0. The van der Waals surface area contributed by atoms with E-state index in [9.17, 15) is 4.79 Å². The van der Waals surface area contributed by atoms with Crippen molar-refractivity contribution < 1.29 is 4.79 Å². The number of rotatable bonds is 7. The number of carbonyl (C=O) groups excluding carboxylic acids is 1. The molecule has 3 aliphatic rings. The molecule has 2 aliphatic heterocycles. The zero-order valence-electron chi connectivity index (χ0n) is 20.6. The Balaban J connectivity index is 1.08. The second-order valence-corrected chi connectivity index (χ2v) is 9.81. The maximum atomic E-state index is 11.8. The van der Waals surface area contributed by atoms with Crippen LogP contribution in [0.5, 0.6) is 0 Å². The third-order valence-electron chi connectivity index (χ3n) is 7.51. The largest absolute Gasteiger partial charge is 0.365 e. The highest BCUT2D eigenvalue weighted by Crippen LogP contribution is 2.27. The molecule has 2 aromatic rings. The number of hydrogen-bond acceptors (Lipinski definition) is 6. The van der Waals surface area contributed by atoms with E-state index in [0.717, 1.165) is 69.1 Å². The monoisotopic (exact) mass is 459 g/mol. The zero-order chi connectivity index (χ0) is 23.5. The summed E-state index contributed by atoms with van der Waals surface area (Å²) in [5.74, 6) is 1.36. The fourth-order valence-corrected chi connectivity index (χ4v) is 5.46. The van der Waals surface area contributed by atoms with Gasteiger partial charge in [0, 0.05) is 62.5 Å². The highest BCUT2D eigenvalue weighted by Gasteiger charge is 2.26. The molecule has 0 amide bonds. The topological polar surface area (TPSA) is 51.7 Å². The van der Waals surface area contributed by atoms with Crippen LogP contribution in [0.15, 0.2) is 53.9 Å². The number of benzene rings is 1. The van der Waals surface area contributed by atoms with Crippen molar-refractivity contribution in [3.63, 3.8) is 0 Å². The Labute approximate surface area is 203 Å². The number of unbranched alkanes of at least 4 members (excludes halogenated alkanes) is 1. The first-order valence-electron chi connectivity index (χ1n) is 12.9. The van der Waals surface area contributed by atoms with Gasteiger partial charge in [-0.3, -0.25) is 9.69 Å². The lowest BCUT2D eigenvalue weighted by Crippen LogP contribution is -2.47. The van der Waals surface area contributed by atoms with Crippen LogP contribution in [0.2, 0.25) is 0 Å². The first-order chi connectivity index (χ1) is 16.6. The number of allylic oxidation sites excluding steroid dienone is 2. The number of hydrogen-bond donors (Lipinski definition) is 1. The van der Waals surface area contributed by atoms with Gasteiger partial charge in [0.1, 0.15) is 5.82 Å². The average molecular weight is 460 g/mol. The van der Waals surface area contributed by atoms with Crippen molar-refractivity contribution in [2.75, 3.05) is 44.2 Å². The van der Waals surface area contributed by atoms with Crippen LogP contribution in [0.4, 0.5) is 5.82 Å². The molecule has 1 unspecified atom stereocenters. The minimum absolute atomic E-state index is 0.247. The van der Waals surface area contributed by atoms with Crippen LogP contribution < -0.4 is 10.2 Å². The van der Waals surface area contributed by atoms with Crippen molar-refractivity contribution in [2.24, 2.45) is 0 Å². The molecule has 1 fully saturated rings. The molecule has 6 nitrogen and oxygen atoms in total. The van der Waals surface area contributed by atoms with Gasteiger partial charge in [-0.25, -0.2) is 4.98 Å². The number of nitrogens with one attached hydrogen (secondary N) is 1. The summed E-state index contributed by atoms with van der Waals surface area (Å²) >= 11 is 0. The maximum absolute atomic E-state index is 11.8. The molecule has 5 rings (SSSR count). The summed E-state index contributed by atoms with van der Waals surface area (Å²) in [6.45, 7) is 10.8. The van der Waals surface area contributed by atoms with E-state index in [-0.39, 0.29) is 5.78 Å². The number of piperazine rings is 1. The molecule has 34 heavy (non-hydrogen) atoms. The molecule has 1 N–H and O–H groups in total. The lowest BCUT2D eigenvalue weighted by atomic mass is 9.95. The van der Waals surface area contributed by atoms with E-state index in [1.54, 1.807) is 6.08 Å². The highest BCUT2D eigenvalue weighted by molar-refractivity contribution is 5.92. The van der Waals surface area contributed by atoms with Crippen molar-refractivity contribution >= 4 is 22.5 Å². The lowest BCUT2D eigenvalue weighted by molar-refractivity contribution is -0.114. The first-order valence-corrected chi connectivity index (χ1v) is 12.9. The van der Waals surface area contributed by atoms with Gasteiger partial charge in [-0.1, -0.05) is 18.2 Å². The Morgan fingerprint density at radius 2 is 1.91 bits per heavy atom. The molecule has 1 aromatic heterocycles. The van der Waals surface area contributed by atoms with Gasteiger partial charge in [0.05, 0.1) is 11.7 Å². The molecule has 0 spiro atoms. The molecule has 1 atom stereocenters. The third kappa shape index (κ3) is 4.97. The van der Waals surface area contributed by atoms with E-state index in [1.165, 1.54) is 29.4 Å². The Kier molecular flexibility index (Phi) is 6.86. The predicted molar refractivity (Wildman–Crippen MR) is 139 cm³/mol. The molecule has 0 saturated carbocycles. The van der Waals surface area contributed by atoms with Crippen LogP contribution >= 0.6 is 0 Å². The van der Waals surface area contributed by atoms with Crippen LogP contribution in [0.1, 0.15) is 44.6 Å². The van der Waals surface area contributed by atoms with Crippen LogP contribution in [-0.4, -0.2) is 66.0 Å². The van der Waals surface area contributed by atoms with Crippen LogP contribution in [0, 0.1) is 6.92 Å². The second kappa shape index (κ2) is 10.2. The Morgan fingerprint density at radius 1 is 1.09 bits per heavy atom. The van der Waals surface area contributed by atoms with Gasteiger partial charge in [0.25, 0.3) is 0 Å². The van der Waals surface area contributed by atoms with Crippen molar-refractivity contribution in [3.8, 4) is 0 Å². The van der Waals surface area contributed by atoms with Gasteiger partial charge >= 0.3 is 0 Å². The van der Waals surface area contributed by atoms with Gasteiger partial charge in [-0.15, -0.1) is 0 Å². The fourth-order valence-electron chi connectivity index (χ4n) is 5.46. The number of pyridine rings is 1. The number of para-hydroxylation sites is 1. The van der Waals surface area contributed by atoms with Gasteiger partial charge in [0.2, 0.25) is 0 Å². The molecule has 0 bridgehead atoms. The van der Waals surface area contributed by atoms with Crippen molar-refractivity contribution in [3.05, 3.63) is 59.4 Å². The molecule has 0 radical (unpaired) electrons. The fraction of sp³-hybridized carbons (Fsp3) is 0.500. The molecule has 1 saturated heterocycles. The van der Waals surface area contributed by atoms with Gasteiger partial charge in [0.15, 0.2) is 5.78 Å². The Morgan fingerprint density at radius 3 is 2.74 bits per heavy atom. The van der Waals surface area contributed by atoms with E-state index >= 15 is 0 Å². The Bertz CT molecular complexity index is 1100. The molecule has 6 heteroatoms. The second-order valence-electron chi connectivity index (χ2n) is 9.81. The number of carbonyl (C=O) groups is 1. The standard InChI is InChI=1S/C28H37N5O/c1-3-32-20-22-11-12-23(34)19-26(22)30-27(32)10-6-7-13-31-14-16-33(17-15-31)28-18-21(2)24-8-4-5-9-25(24)29-28/h4-5,8-9,18-20,27,30H,3,6-7,10-17H2,1-2H3. The first kappa shape index (κ1) is 22.9. The van der Waals surface area contributed by atoms with E-state index in [2.05, 4.69) is 70.4 Å². The number of ketones is 1. The summed E-state index contributed by atoms with van der Waals surface area (Å²) in [6, 6.07) is 10.7. The van der Waals surface area contributed by atoms with E-state index in [0.29, 0.717) is 12.6 Å². The number of aromatic nitrogens is 1. The summed E-state index contributed by atoms with van der Waals surface area (Å²) in [5, 5.41) is 4.88. The van der Waals surface area contributed by atoms with Crippen LogP contribution in [0.3, 0.4) is 0 Å². The minimum atomic E-state index is 0.247. The third-order valence-corrected chi connectivity index (χ3v) is 7.51. The lowest BCUT2D eigenvalue weighted by Gasteiger charge is -2.39. The molecule has 180 valence electrons. The van der Waals surface area contributed by atoms with Gasteiger partial charge in [-0.05, 0) is 69.3 Å². The molecule has 1 aliphatic carbocycles. The normalized spacial score (nSPS) is 21.2. The molecular weight excluding hydrogens is 422 g/mol. The van der Waals surface area contributed by atoms with Crippen LogP contribution in [0.25, 0.3) is 10.9 Å². The highest BCUT2D eigenvalue weighted by atomic mass is 16.1. The van der Waals surface area contributed by atoms with Crippen LogP contribution in [-0.2, 0) is 4.79 Å². The van der Waals surface area contributed by atoms with Crippen molar-refractivity contribution in [2.45, 2.75) is 52.1 Å². The maximum Gasteiger partial charge on any atom is 0.158 e. The predicted octanol–water partition coefficient (Wildman–Crippen LogP) is 4.22. The van der Waals surface area contributed by atoms with Crippen molar-refractivity contribution in [1.29, 1.82) is 0 Å². The van der Waals surface area contributed by atoms with E-state index in [1.807, 2.05) is 0 Å². The summed E-state index contributed by atoms with van der Waals surface area (Å²) in [7, 11) is 0. The number of nitrogens with zero attached hydrogens (tertiary/aromatic N) is 4. The van der Waals surface area contributed by atoms with Crippen molar-refractivity contribution in [1.82, 2.24) is 20.1 Å². The van der Waals surface area contributed by atoms with Gasteiger partial charge in [-0.2, -0.15) is 0 Å². The smallest absolute Gasteiger partial charge is 0.158 e. The molecule has 1 aromatic carbocycles. The average Bonchev–Trinajstić information content (AvgIpc) is 2.86. The molecular formula is C28H37N5O. The van der Waals surface area contributed by atoms with E-state index < -0.39 is 0 Å². The number of anilines is 1. The summed E-state index contributed by atoms with van der Waals surface area (Å²) in [4.78, 5) is 24.2. The van der Waals surface area contributed by atoms with E-state index in [4.69, 9.17) is 4.98 Å². The Hall–Kier alpha value is -2.86. The summed E-state index contributed by atoms with van der Waals surface area (Å²) in [6.07, 6.45) is 9.38. The van der Waals surface area contributed by atoms with Gasteiger partial charge < -0.3 is 15.1 Å². The number of fused-ring (bicyclic) bond motifs is 2. The summed E-state index contributed by atoms with van der Waals surface area (Å²) in [5.41, 5.74) is 4.73. The zero-order valence-corrected chi connectivity index (χ0v) is 20.6. The molecule has 3 heterocycles. The minimum Gasteiger partial charge on any atom is -0.365 e. The number of aryl methyl sites for hydroxylation is 1. The quantitative estimate of drug-likeness (QED) is 0.626.